The van der Waals surface area contributed by atoms with Gasteiger partial charge in [-0.15, -0.1) is 0 Å². The molecule has 15 heavy (non-hydrogen) atoms. The molecule has 0 saturated carbocycles. The molecule has 1 fully saturated rings. The first-order valence-electron chi connectivity index (χ1n) is 5.34. The molecule has 0 unspecified atom stereocenters. The van der Waals surface area contributed by atoms with Crippen LogP contribution in [0.5, 0.6) is 0 Å². The standard InChI is InChI=1S/C13H15NO/c1-2-5-11-6-3-7-12(10-11)14-9-4-8-13(14)15/h2-3,5-7,10H,4,8-9H2,1H3/b5-2+. The highest BCUT2D eigenvalue weighted by atomic mass is 16.2. The Morgan fingerprint density at radius 1 is 1.40 bits per heavy atom. The molecule has 0 aliphatic carbocycles. The van der Waals surface area contributed by atoms with E-state index < -0.39 is 0 Å². The number of anilines is 1. The molecule has 0 spiro atoms. The van der Waals surface area contributed by atoms with Gasteiger partial charge in [0.1, 0.15) is 0 Å². The second kappa shape index (κ2) is 4.30. The van der Waals surface area contributed by atoms with Crippen LogP contribution < -0.4 is 4.90 Å². The molecular weight excluding hydrogens is 186 g/mol. The summed E-state index contributed by atoms with van der Waals surface area (Å²) in [5.74, 6) is 0.243. The molecule has 0 bridgehead atoms. The van der Waals surface area contributed by atoms with Gasteiger partial charge in [0.15, 0.2) is 0 Å². The number of nitrogens with zero attached hydrogens (tertiary/aromatic N) is 1. The summed E-state index contributed by atoms with van der Waals surface area (Å²) in [5, 5.41) is 0. The minimum absolute atomic E-state index is 0.243. The first-order valence-corrected chi connectivity index (χ1v) is 5.34. The van der Waals surface area contributed by atoms with Crippen LogP contribution in [0.25, 0.3) is 6.08 Å². The number of hydrogen-bond acceptors (Lipinski definition) is 1. The molecule has 1 heterocycles. The van der Waals surface area contributed by atoms with E-state index in [-0.39, 0.29) is 5.91 Å². The van der Waals surface area contributed by atoms with E-state index in [4.69, 9.17) is 0 Å². The first-order chi connectivity index (χ1) is 7.31. The van der Waals surface area contributed by atoms with Crippen LogP contribution in [0.15, 0.2) is 30.3 Å². The van der Waals surface area contributed by atoms with Gasteiger partial charge in [-0.05, 0) is 31.0 Å². The largest absolute Gasteiger partial charge is 0.312 e. The van der Waals surface area contributed by atoms with Crippen molar-refractivity contribution in [2.75, 3.05) is 11.4 Å². The number of carbonyl (C=O) groups excluding carboxylic acids is 1. The van der Waals surface area contributed by atoms with E-state index >= 15 is 0 Å². The highest BCUT2D eigenvalue weighted by Gasteiger charge is 2.21. The zero-order chi connectivity index (χ0) is 10.7. The third-order valence-electron chi connectivity index (χ3n) is 2.61. The molecule has 1 aromatic carbocycles. The lowest BCUT2D eigenvalue weighted by Crippen LogP contribution is -2.23. The van der Waals surface area contributed by atoms with Gasteiger partial charge in [-0.25, -0.2) is 0 Å². The normalized spacial score (nSPS) is 16.6. The maximum atomic E-state index is 11.6. The van der Waals surface area contributed by atoms with Crippen LogP contribution in [0.2, 0.25) is 0 Å². The maximum Gasteiger partial charge on any atom is 0.227 e. The highest BCUT2D eigenvalue weighted by Crippen LogP contribution is 2.22. The lowest BCUT2D eigenvalue weighted by atomic mass is 10.2. The molecule has 1 saturated heterocycles. The second-order valence-corrected chi connectivity index (χ2v) is 3.74. The van der Waals surface area contributed by atoms with Crippen molar-refractivity contribution in [2.45, 2.75) is 19.8 Å². The van der Waals surface area contributed by atoms with Gasteiger partial charge in [0.05, 0.1) is 0 Å². The van der Waals surface area contributed by atoms with Crippen LogP contribution in [0, 0.1) is 0 Å². The predicted octanol–water partition coefficient (Wildman–Crippen LogP) is 2.85. The SMILES string of the molecule is C/C=C/c1cccc(N2CCCC2=O)c1. The van der Waals surface area contributed by atoms with Gasteiger partial charge in [0.2, 0.25) is 5.91 Å². The summed E-state index contributed by atoms with van der Waals surface area (Å²) >= 11 is 0. The zero-order valence-corrected chi connectivity index (χ0v) is 8.94. The number of hydrogen-bond donors (Lipinski definition) is 0. The average molecular weight is 201 g/mol. The summed E-state index contributed by atoms with van der Waals surface area (Å²) in [6, 6.07) is 8.10. The molecule has 0 aromatic heterocycles. The van der Waals surface area contributed by atoms with Gasteiger partial charge >= 0.3 is 0 Å². The molecule has 2 heteroatoms. The van der Waals surface area contributed by atoms with Crippen molar-refractivity contribution in [1.29, 1.82) is 0 Å². The lowest BCUT2D eigenvalue weighted by Gasteiger charge is -2.15. The van der Waals surface area contributed by atoms with Crippen molar-refractivity contribution in [1.82, 2.24) is 0 Å². The fraction of sp³-hybridized carbons (Fsp3) is 0.308. The number of carbonyl (C=O) groups is 1. The van der Waals surface area contributed by atoms with Crippen molar-refractivity contribution in [3.63, 3.8) is 0 Å². The van der Waals surface area contributed by atoms with E-state index in [9.17, 15) is 4.79 Å². The number of rotatable bonds is 2. The molecule has 1 aromatic rings. The summed E-state index contributed by atoms with van der Waals surface area (Å²) < 4.78 is 0. The molecule has 0 N–H and O–H groups in total. The van der Waals surface area contributed by atoms with E-state index in [1.807, 2.05) is 42.2 Å². The van der Waals surface area contributed by atoms with Gasteiger partial charge in [-0.3, -0.25) is 4.79 Å². The minimum Gasteiger partial charge on any atom is -0.312 e. The van der Waals surface area contributed by atoms with Gasteiger partial charge in [-0.1, -0.05) is 24.3 Å². The summed E-state index contributed by atoms with van der Waals surface area (Å²) in [5.41, 5.74) is 2.17. The Balaban J connectivity index is 2.28. The summed E-state index contributed by atoms with van der Waals surface area (Å²) in [4.78, 5) is 13.4. The Kier molecular flexibility index (Phi) is 2.86. The minimum atomic E-state index is 0.243. The van der Waals surface area contributed by atoms with Crippen molar-refractivity contribution < 1.29 is 4.79 Å². The maximum absolute atomic E-state index is 11.6. The third-order valence-corrected chi connectivity index (χ3v) is 2.61. The Labute approximate surface area is 90.2 Å². The molecule has 0 atom stereocenters. The van der Waals surface area contributed by atoms with E-state index in [0.29, 0.717) is 6.42 Å². The quantitative estimate of drug-likeness (QED) is 0.720. The van der Waals surface area contributed by atoms with E-state index in [1.54, 1.807) is 0 Å². The van der Waals surface area contributed by atoms with Crippen LogP contribution in [0.4, 0.5) is 5.69 Å². The monoisotopic (exact) mass is 201 g/mol. The molecular formula is C13H15NO. The zero-order valence-electron chi connectivity index (χ0n) is 8.94. The van der Waals surface area contributed by atoms with Gasteiger partial charge < -0.3 is 4.90 Å². The van der Waals surface area contributed by atoms with Gasteiger partial charge in [0, 0.05) is 18.7 Å². The lowest BCUT2D eigenvalue weighted by molar-refractivity contribution is -0.117. The van der Waals surface area contributed by atoms with E-state index in [1.165, 1.54) is 0 Å². The average Bonchev–Trinajstić information content (AvgIpc) is 2.65. The van der Waals surface area contributed by atoms with Crippen molar-refractivity contribution in [2.24, 2.45) is 0 Å². The highest BCUT2D eigenvalue weighted by molar-refractivity contribution is 5.95. The van der Waals surface area contributed by atoms with Crippen molar-refractivity contribution >= 4 is 17.7 Å². The molecule has 1 amide bonds. The molecule has 2 rings (SSSR count). The van der Waals surface area contributed by atoms with Gasteiger partial charge in [0.25, 0.3) is 0 Å². The summed E-state index contributed by atoms with van der Waals surface area (Å²) in [7, 11) is 0. The van der Waals surface area contributed by atoms with Crippen LogP contribution in [0.3, 0.4) is 0 Å². The Hall–Kier alpha value is -1.57. The Morgan fingerprint density at radius 2 is 2.27 bits per heavy atom. The number of benzene rings is 1. The van der Waals surface area contributed by atoms with Crippen molar-refractivity contribution in [3.8, 4) is 0 Å². The van der Waals surface area contributed by atoms with Crippen LogP contribution in [-0.4, -0.2) is 12.5 Å². The fourth-order valence-electron chi connectivity index (χ4n) is 1.91. The predicted molar refractivity (Wildman–Crippen MR) is 62.7 cm³/mol. The molecule has 2 nitrogen and oxygen atoms in total. The van der Waals surface area contributed by atoms with Crippen LogP contribution in [0.1, 0.15) is 25.3 Å². The van der Waals surface area contributed by atoms with Crippen LogP contribution >= 0.6 is 0 Å². The summed E-state index contributed by atoms with van der Waals surface area (Å²) in [6.07, 6.45) is 5.72. The molecule has 0 radical (unpaired) electrons. The fourth-order valence-corrected chi connectivity index (χ4v) is 1.91. The Morgan fingerprint density at radius 3 is 2.93 bits per heavy atom. The molecule has 1 aliphatic rings. The van der Waals surface area contributed by atoms with E-state index in [0.717, 1.165) is 24.2 Å². The molecule has 1 aliphatic heterocycles. The smallest absolute Gasteiger partial charge is 0.227 e. The first kappa shape index (κ1) is 9.97. The third kappa shape index (κ3) is 2.09. The summed E-state index contributed by atoms with van der Waals surface area (Å²) in [6.45, 7) is 2.85. The number of allylic oxidation sites excluding steroid dienone is 1. The van der Waals surface area contributed by atoms with Crippen LogP contribution in [-0.2, 0) is 4.79 Å². The van der Waals surface area contributed by atoms with Gasteiger partial charge in [-0.2, -0.15) is 0 Å². The Bertz CT molecular complexity index is 395. The van der Waals surface area contributed by atoms with Crippen molar-refractivity contribution in [3.05, 3.63) is 35.9 Å². The topological polar surface area (TPSA) is 20.3 Å². The number of amides is 1. The molecule has 78 valence electrons. The van der Waals surface area contributed by atoms with E-state index in [2.05, 4.69) is 6.07 Å². The second-order valence-electron chi connectivity index (χ2n) is 3.74.